The zero-order valence-corrected chi connectivity index (χ0v) is 14.8. The van der Waals surface area contributed by atoms with Crippen LogP contribution in [0.2, 0.25) is 0 Å². The summed E-state index contributed by atoms with van der Waals surface area (Å²) in [6.45, 7) is 3.04. The molecule has 0 saturated heterocycles. The highest BCUT2D eigenvalue weighted by atomic mass is 79.9. The largest absolute Gasteiger partial charge is 0.492 e. The molecule has 1 nitrogen and oxygen atoms in total. The summed E-state index contributed by atoms with van der Waals surface area (Å²) < 4.78 is 6.87. The molecule has 0 bridgehead atoms. The van der Waals surface area contributed by atoms with Crippen LogP contribution in [0.25, 0.3) is 0 Å². The normalized spacial score (nSPS) is 10.8. The third kappa shape index (κ3) is 6.99. The van der Waals surface area contributed by atoms with Crippen LogP contribution in [0.1, 0.15) is 63.9 Å². The van der Waals surface area contributed by atoms with Crippen LogP contribution in [-0.4, -0.2) is 6.61 Å². The van der Waals surface area contributed by atoms with E-state index < -0.39 is 0 Å². The summed E-state index contributed by atoms with van der Waals surface area (Å²) >= 11 is 9.45. The van der Waals surface area contributed by atoms with E-state index in [0.29, 0.717) is 5.88 Å². The molecule has 1 rings (SSSR count). The van der Waals surface area contributed by atoms with Gasteiger partial charge in [0.1, 0.15) is 5.75 Å². The lowest BCUT2D eigenvalue weighted by Gasteiger charge is -2.11. The molecular weight excluding hydrogens is 336 g/mol. The van der Waals surface area contributed by atoms with Gasteiger partial charge in [-0.05, 0) is 28.4 Å². The second-order valence-corrected chi connectivity index (χ2v) is 6.31. The Kier molecular flexibility index (Phi) is 10.2. The number of halogens is 2. The molecule has 0 atom stereocenters. The van der Waals surface area contributed by atoms with Crippen molar-refractivity contribution in [2.45, 2.75) is 64.2 Å². The van der Waals surface area contributed by atoms with Gasteiger partial charge in [-0.3, -0.25) is 0 Å². The van der Waals surface area contributed by atoms with Crippen molar-refractivity contribution >= 4 is 27.5 Å². The Bertz CT molecular complexity index is 368. The second kappa shape index (κ2) is 11.4. The SMILES string of the molecule is CCCCCCCCCCOc1c(Br)cccc1CCl. The number of benzene rings is 1. The smallest absolute Gasteiger partial charge is 0.137 e. The van der Waals surface area contributed by atoms with Gasteiger partial charge in [0.05, 0.1) is 17.0 Å². The highest BCUT2D eigenvalue weighted by molar-refractivity contribution is 9.10. The molecule has 0 N–H and O–H groups in total. The Hall–Kier alpha value is -0.210. The van der Waals surface area contributed by atoms with Gasteiger partial charge in [0.2, 0.25) is 0 Å². The molecule has 0 amide bonds. The Morgan fingerprint density at radius 2 is 1.65 bits per heavy atom. The van der Waals surface area contributed by atoms with Crippen LogP contribution in [0.3, 0.4) is 0 Å². The van der Waals surface area contributed by atoms with Crippen molar-refractivity contribution in [2.24, 2.45) is 0 Å². The fourth-order valence-electron chi connectivity index (χ4n) is 2.23. The van der Waals surface area contributed by atoms with E-state index >= 15 is 0 Å². The molecule has 1 aromatic rings. The lowest BCUT2D eigenvalue weighted by molar-refractivity contribution is 0.300. The number of unbranched alkanes of at least 4 members (excludes halogenated alkanes) is 7. The molecule has 1 aromatic carbocycles. The number of rotatable bonds is 11. The first-order valence-electron chi connectivity index (χ1n) is 7.75. The fraction of sp³-hybridized carbons (Fsp3) is 0.647. The van der Waals surface area contributed by atoms with E-state index in [-0.39, 0.29) is 0 Å². The number of alkyl halides is 1. The molecule has 0 spiro atoms. The third-order valence-corrected chi connectivity index (χ3v) is 4.35. The van der Waals surface area contributed by atoms with Crippen molar-refractivity contribution < 1.29 is 4.74 Å². The molecule has 0 aliphatic rings. The van der Waals surface area contributed by atoms with E-state index in [1.807, 2.05) is 18.2 Å². The third-order valence-electron chi connectivity index (χ3n) is 3.44. The van der Waals surface area contributed by atoms with Crippen molar-refractivity contribution in [3.05, 3.63) is 28.2 Å². The molecule has 0 aliphatic heterocycles. The minimum atomic E-state index is 0.492. The van der Waals surface area contributed by atoms with Gasteiger partial charge >= 0.3 is 0 Å². The van der Waals surface area contributed by atoms with Gasteiger partial charge in [0, 0.05) is 5.56 Å². The van der Waals surface area contributed by atoms with Gasteiger partial charge in [-0.25, -0.2) is 0 Å². The van der Waals surface area contributed by atoms with Gasteiger partial charge in [-0.1, -0.05) is 64.0 Å². The summed E-state index contributed by atoms with van der Waals surface area (Å²) in [5.74, 6) is 1.40. The van der Waals surface area contributed by atoms with E-state index in [0.717, 1.165) is 28.8 Å². The van der Waals surface area contributed by atoms with Crippen molar-refractivity contribution in [3.8, 4) is 5.75 Å². The van der Waals surface area contributed by atoms with Gasteiger partial charge in [-0.15, -0.1) is 11.6 Å². The predicted octanol–water partition coefficient (Wildman–Crippen LogP) is 6.71. The first kappa shape index (κ1) is 17.8. The molecule has 0 saturated carbocycles. The maximum atomic E-state index is 5.93. The Labute approximate surface area is 137 Å². The summed E-state index contributed by atoms with van der Waals surface area (Å²) in [6, 6.07) is 6.00. The van der Waals surface area contributed by atoms with Crippen LogP contribution in [0.15, 0.2) is 22.7 Å². The molecule has 3 heteroatoms. The molecule has 0 heterocycles. The number of ether oxygens (including phenoxy) is 1. The number of hydrogen-bond acceptors (Lipinski definition) is 1. The maximum Gasteiger partial charge on any atom is 0.137 e. The molecule has 0 aliphatic carbocycles. The van der Waals surface area contributed by atoms with Gasteiger partial charge < -0.3 is 4.74 Å². The minimum absolute atomic E-state index is 0.492. The lowest BCUT2D eigenvalue weighted by Crippen LogP contribution is -2.00. The minimum Gasteiger partial charge on any atom is -0.492 e. The van der Waals surface area contributed by atoms with E-state index in [1.54, 1.807) is 0 Å². The van der Waals surface area contributed by atoms with Crippen LogP contribution in [0.4, 0.5) is 0 Å². The summed E-state index contributed by atoms with van der Waals surface area (Å²) in [4.78, 5) is 0. The number of para-hydroxylation sites is 1. The summed E-state index contributed by atoms with van der Waals surface area (Å²) in [6.07, 6.45) is 10.5. The monoisotopic (exact) mass is 360 g/mol. The van der Waals surface area contributed by atoms with Crippen molar-refractivity contribution in [1.82, 2.24) is 0 Å². The average molecular weight is 362 g/mol. The first-order chi connectivity index (χ1) is 9.79. The molecular formula is C17H26BrClO. The molecule has 0 radical (unpaired) electrons. The van der Waals surface area contributed by atoms with Crippen LogP contribution in [-0.2, 0) is 5.88 Å². The van der Waals surface area contributed by atoms with Crippen molar-refractivity contribution in [2.75, 3.05) is 6.61 Å². The Morgan fingerprint density at radius 1 is 1.00 bits per heavy atom. The number of hydrogen-bond donors (Lipinski definition) is 0. The van der Waals surface area contributed by atoms with E-state index in [4.69, 9.17) is 16.3 Å². The summed E-state index contributed by atoms with van der Waals surface area (Å²) in [7, 11) is 0. The zero-order chi connectivity index (χ0) is 14.6. The highest BCUT2D eigenvalue weighted by Crippen LogP contribution is 2.30. The molecule has 0 fully saturated rings. The average Bonchev–Trinajstić information content (AvgIpc) is 2.46. The maximum absolute atomic E-state index is 5.93. The van der Waals surface area contributed by atoms with Gasteiger partial charge in [0.25, 0.3) is 0 Å². The summed E-state index contributed by atoms with van der Waals surface area (Å²) in [5.41, 5.74) is 1.06. The zero-order valence-electron chi connectivity index (χ0n) is 12.5. The van der Waals surface area contributed by atoms with Crippen LogP contribution in [0.5, 0.6) is 5.75 Å². The predicted molar refractivity (Wildman–Crippen MR) is 91.8 cm³/mol. The van der Waals surface area contributed by atoms with E-state index in [2.05, 4.69) is 22.9 Å². The fourth-order valence-corrected chi connectivity index (χ4v) is 2.96. The van der Waals surface area contributed by atoms with Crippen molar-refractivity contribution in [3.63, 3.8) is 0 Å². The second-order valence-electron chi connectivity index (χ2n) is 5.19. The quantitative estimate of drug-likeness (QED) is 0.314. The van der Waals surface area contributed by atoms with E-state index in [9.17, 15) is 0 Å². The topological polar surface area (TPSA) is 9.23 Å². The molecule has 20 heavy (non-hydrogen) atoms. The lowest BCUT2D eigenvalue weighted by atomic mass is 10.1. The summed E-state index contributed by atoms with van der Waals surface area (Å²) in [5, 5.41) is 0. The standard InChI is InChI=1S/C17H26BrClO/c1-2-3-4-5-6-7-8-9-13-20-17-15(14-19)11-10-12-16(17)18/h10-12H,2-9,13-14H2,1H3. The van der Waals surface area contributed by atoms with Crippen molar-refractivity contribution in [1.29, 1.82) is 0 Å². The van der Waals surface area contributed by atoms with Crippen LogP contribution >= 0.6 is 27.5 Å². The van der Waals surface area contributed by atoms with Gasteiger partial charge in [0.15, 0.2) is 0 Å². The highest BCUT2D eigenvalue weighted by Gasteiger charge is 2.06. The van der Waals surface area contributed by atoms with Gasteiger partial charge in [-0.2, -0.15) is 0 Å². The molecule has 114 valence electrons. The molecule has 0 aromatic heterocycles. The van der Waals surface area contributed by atoms with Crippen LogP contribution < -0.4 is 4.74 Å². The first-order valence-corrected chi connectivity index (χ1v) is 9.08. The Morgan fingerprint density at radius 3 is 2.30 bits per heavy atom. The van der Waals surface area contributed by atoms with Crippen LogP contribution in [0, 0.1) is 0 Å². The van der Waals surface area contributed by atoms with E-state index in [1.165, 1.54) is 44.9 Å². The molecule has 0 unspecified atom stereocenters. The Balaban J connectivity index is 2.12.